The Morgan fingerprint density at radius 1 is 1.29 bits per heavy atom. The van der Waals surface area contributed by atoms with Gasteiger partial charge in [-0.2, -0.15) is 0 Å². The molecular weight excluding hydrogens is 298 g/mol. The molecule has 0 aliphatic heterocycles. The average molecular weight is 310 g/mol. The summed E-state index contributed by atoms with van der Waals surface area (Å²) in [5.41, 5.74) is 1.95. The summed E-state index contributed by atoms with van der Waals surface area (Å²) < 4.78 is 0.978. The summed E-state index contributed by atoms with van der Waals surface area (Å²) in [6.45, 7) is 0.663. The molecule has 0 atom stereocenters. The van der Waals surface area contributed by atoms with Crippen LogP contribution in [0.5, 0.6) is 0 Å². The predicted octanol–water partition coefficient (Wildman–Crippen LogP) is 3.48. The van der Waals surface area contributed by atoms with Gasteiger partial charge in [0.1, 0.15) is 0 Å². The maximum Gasteiger partial charge on any atom is 0.252 e. The zero-order chi connectivity index (χ0) is 12.1. The minimum atomic E-state index is -0.0112. The molecule has 2 aromatic rings. The molecule has 0 spiro atoms. The average Bonchev–Trinajstić information content (AvgIpc) is 2.77. The van der Waals surface area contributed by atoms with Crippen LogP contribution >= 0.6 is 27.3 Å². The fraction of sp³-hybridized carbons (Fsp3) is 0.154. The van der Waals surface area contributed by atoms with Crippen molar-refractivity contribution in [3.63, 3.8) is 0 Å². The van der Waals surface area contributed by atoms with Gasteiger partial charge in [-0.05, 0) is 34.0 Å². The van der Waals surface area contributed by atoms with E-state index in [4.69, 9.17) is 0 Å². The van der Waals surface area contributed by atoms with Crippen LogP contribution in [0.1, 0.15) is 15.9 Å². The highest BCUT2D eigenvalue weighted by molar-refractivity contribution is 9.11. The molecule has 2 nitrogen and oxygen atoms in total. The quantitative estimate of drug-likeness (QED) is 0.920. The summed E-state index contributed by atoms with van der Waals surface area (Å²) in [5.74, 6) is -0.0112. The molecule has 2 rings (SSSR count). The van der Waals surface area contributed by atoms with Crippen molar-refractivity contribution in [1.29, 1.82) is 0 Å². The van der Waals surface area contributed by atoms with Crippen LogP contribution in [0.2, 0.25) is 0 Å². The molecule has 1 amide bonds. The van der Waals surface area contributed by atoms with Crippen molar-refractivity contribution < 1.29 is 4.79 Å². The normalized spacial score (nSPS) is 10.2. The van der Waals surface area contributed by atoms with Crippen molar-refractivity contribution in [3.8, 4) is 0 Å². The van der Waals surface area contributed by atoms with Crippen LogP contribution in [-0.4, -0.2) is 12.5 Å². The van der Waals surface area contributed by atoms with E-state index in [1.807, 2.05) is 29.6 Å². The first-order valence-corrected chi connectivity index (χ1v) is 6.99. The third kappa shape index (κ3) is 3.68. The van der Waals surface area contributed by atoms with Gasteiger partial charge in [-0.1, -0.05) is 30.3 Å². The lowest BCUT2D eigenvalue weighted by molar-refractivity contribution is 0.0954. The van der Waals surface area contributed by atoms with Crippen LogP contribution in [0.3, 0.4) is 0 Å². The lowest BCUT2D eigenvalue weighted by Gasteiger charge is -2.03. The number of benzene rings is 1. The Balaban J connectivity index is 1.81. The smallest absolute Gasteiger partial charge is 0.252 e. The second kappa shape index (κ2) is 5.98. The van der Waals surface area contributed by atoms with E-state index in [0.29, 0.717) is 6.54 Å². The lowest BCUT2D eigenvalue weighted by Crippen LogP contribution is -2.25. The number of amides is 1. The predicted molar refractivity (Wildman–Crippen MR) is 74.5 cm³/mol. The molecule has 0 unspecified atom stereocenters. The highest BCUT2D eigenvalue weighted by Crippen LogP contribution is 2.20. The van der Waals surface area contributed by atoms with Crippen LogP contribution in [0.25, 0.3) is 0 Å². The van der Waals surface area contributed by atoms with Gasteiger partial charge in [0.05, 0.1) is 9.35 Å². The van der Waals surface area contributed by atoms with Crippen molar-refractivity contribution in [3.05, 3.63) is 56.7 Å². The van der Waals surface area contributed by atoms with Gasteiger partial charge in [-0.25, -0.2) is 0 Å². The molecule has 1 aromatic heterocycles. The van der Waals surface area contributed by atoms with Gasteiger partial charge in [0.25, 0.3) is 5.91 Å². The molecule has 0 radical (unpaired) electrons. The van der Waals surface area contributed by atoms with Gasteiger partial charge in [0.2, 0.25) is 0 Å². The number of hydrogen-bond donors (Lipinski definition) is 1. The molecule has 0 fully saturated rings. The Kier molecular flexibility index (Phi) is 4.34. The largest absolute Gasteiger partial charge is 0.352 e. The summed E-state index contributed by atoms with van der Waals surface area (Å²) in [4.78, 5) is 11.7. The molecule has 88 valence electrons. The number of halogens is 1. The van der Waals surface area contributed by atoms with Crippen LogP contribution in [0.15, 0.2) is 45.6 Å². The number of hydrogen-bond acceptors (Lipinski definition) is 2. The lowest BCUT2D eigenvalue weighted by atomic mass is 10.1. The molecule has 0 bridgehead atoms. The van der Waals surface area contributed by atoms with Crippen LogP contribution in [0.4, 0.5) is 0 Å². The first kappa shape index (κ1) is 12.3. The Morgan fingerprint density at radius 3 is 2.71 bits per heavy atom. The van der Waals surface area contributed by atoms with E-state index in [-0.39, 0.29) is 5.91 Å². The van der Waals surface area contributed by atoms with Gasteiger partial charge >= 0.3 is 0 Å². The van der Waals surface area contributed by atoms with E-state index in [0.717, 1.165) is 15.8 Å². The van der Waals surface area contributed by atoms with Gasteiger partial charge in [0.15, 0.2) is 0 Å². The number of nitrogens with one attached hydrogen (secondary N) is 1. The maximum atomic E-state index is 11.7. The van der Waals surface area contributed by atoms with E-state index < -0.39 is 0 Å². The molecule has 1 heterocycles. The zero-order valence-electron chi connectivity index (χ0n) is 9.15. The van der Waals surface area contributed by atoms with Crippen LogP contribution < -0.4 is 5.32 Å². The first-order valence-electron chi connectivity index (χ1n) is 5.32. The fourth-order valence-corrected chi connectivity index (χ4v) is 2.63. The summed E-state index contributed by atoms with van der Waals surface area (Å²) >= 11 is 4.86. The Bertz CT molecular complexity index is 495. The number of carbonyl (C=O) groups is 1. The minimum Gasteiger partial charge on any atom is -0.352 e. The Labute approximate surface area is 113 Å². The summed E-state index contributed by atoms with van der Waals surface area (Å²) in [6.07, 6.45) is 0.859. The van der Waals surface area contributed by atoms with Crippen molar-refractivity contribution in [2.45, 2.75) is 6.42 Å². The maximum absolute atomic E-state index is 11.7. The Hall–Kier alpha value is -1.13. The second-order valence-electron chi connectivity index (χ2n) is 3.63. The monoisotopic (exact) mass is 309 g/mol. The van der Waals surface area contributed by atoms with Gasteiger partial charge in [0, 0.05) is 11.9 Å². The molecule has 0 saturated heterocycles. The fourth-order valence-electron chi connectivity index (χ4n) is 1.50. The minimum absolute atomic E-state index is 0.0112. The molecule has 0 saturated carbocycles. The van der Waals surface area contributed by atoms with Gasteiger partial charge < -0.3 is 5.32 Å². The zero-order valence-corrected chi connectivity index (χ0v) is 11.6. The van der Waals surface area contributed by atoms with E-state index in [2.05, 4.69) is 33.4 Å². The molecule has 1 aromatic carbocycles. The van der Waals surface area contributed by atoms with Crippen molar-refractivity contribution >= 4 is 33.2 Å². The number of carbonyl (C=O) groups excluding carboxylic acids is 1. The third-order valence-corrected chi connectivity index (χ3v) is 3.88. The Morgan fingerprint density at radius 2 is 2.06 bits per heavy atom. The molecular formula is C13H12BrNOS. The van der Waals surface area contributed by atoms with Gasteiger partial charge in [-0.3, -0.25) is 4.79 Å². The summed E-state index contributed by atoms with van der Waals surface area (Å²) in [5, 5.41) is 4.76. The van der Waals surface area contributed by atoms with Gasteiger partial charge in [-0.15, -0.1) is 11.3 Å². The second-order valence-corrected chi connectivity index (χ2v) is 5.92. The van der Waals surface area contributed by atoms with E-state index in [1.54, 1.807) is 0 Å². The van der Waals surface area contributed by atoms with Crippen LogP contribution in [-0.2, 0) is 6.42 Å². The number of rotatable bonds is 4. The highest BCUT2D eigenvalue weighted by Gasteiger charge is 2.06. The number of thiophene rings is 1. The van der Waals surface area contributed by atoms with E-state index >= 15 is 0 Å². The molecule has 0 aliphatic carbocycles. The SMILES string of the molecule is O=C(NCCc1ccccc1)c1csc(Br)c1. The van der Waals surface area contributed by atoms with Crippen molar-refractivity contribution in [2.24, 2.45) is 0 Å². The highest BCUT2D eigenvalue weighted by atomic mass is 79.9. The standard InChI is InChI=1S/C13H12BrNOS/c14-12-8-11(9-17-12)13(16)15-7-6-10-4-2-1-3-5-10/h1-5,8-9H,6-7H2,(H,15,16). The van der Waals surface area contributed by atoms with Crippen molar-refractivity contribution in [1.82, 2.24) is 5.32 Å². The van der Waals surface area contributed by atoms with Crippen LogP contribution in [0, 0.1) is 0 Å². The first-order chi connectivity index (χ1) is 8.25. The molecule has 17 heavy (non-hydrogen) atoms. The van der Waals surface area contributed by atoms with Crippen molar-refractivity contribution in [2.75, 3.05) is 6.54 Å². The molecule has 0 aliphatic rings. The van der Waals surface area contributed by atoms with E-state index in [1.165, 1.54) is 16.9 Å². The summed E-state index contributed by atoms with van der Waals surface area (Å²) in [6, 6.07) is 12.0. The molecule has 4 heteroatoms. The summed E-state index contributed by atoms with van der Waals surface area (Å²) in [7, 11) is 0. The van der Waals surface area contributed by atoms with E-state index in [9.17, 15) is 4.79 Å². The third-order valence-electron chi connectivity index (χ3n) is 2.37. The topological polar surface area (TPSA) is 29.1 Å². The molecule has 1 N–H and O–H groups in total.